The van der Waals surface area contributed by atoms with Crippen LogP contribution in [0.1, 0.15) is 10.7 Å². The molecule has 0 unspecified atom stereocenters. The molecule has 0 saturated carbocycles. The molecule has 2 heterocycles. The van der Waals surface area contributed by atoms with E-state index in [-0.39, 0.29) is 5.89 Å². The number of nitrogens with zero attached hydrogens (tertiary/aromatic N) is 2. The van der Waals surface area contributed by atoms with E-state index in [0.717, 1.165) is 10.9 Å². The van der Waals surface area contributed by atoms with Crippen molar-refractivity contribution in [3.63, 3.8) is 0 Å². The van der Waals surface area contributed by atoms with Crippen LogP contribution in [-0.4, -0.2) is 15.9 Å². The fourth-order valence-corrected chi connectivity index (χ4v) is 1.57. The van der Waals surface area contributed by atoms with Crippen molar-refractivity contribution in [2.75, 3.05) is 0 Å². The van der Waals surface area contributed by atoms with E-state index in [1.165, 1.54) is 0 Å². The Hall–Kier alpha value is -2.43. The Bertz CT molecular complexity index is 650. The molecule has 0 fully saturated rings. The van der Waals surface area contributed by atoms with Crippen molar-refractivity contribution in [2.45, 2.75) is 0 Å². The molecule has 0 aliphatic rings. The van der Waals surface area contributed by atoms with Crippen LogP contribution in [-0.2, 0) is 0 Å². The molecular weight excluding hydrogens is 206 g/mol. The predicted octanol–water partition coefficient (Wildman–Crippen LogP) is 1.47. The maximum absolute atomic E-state index is 10.9. The Morgan fingerprint density at radius 3 is 2.88 bits per heavy atom. The molecule has 0 spiro atoms. The van der Waals surface area contributed by atoms with Gasteiger partial charge in [-0.25, -0.2) is 4.98 Å². The van der Waals surface area contributed by atoms with E-state index in [4.69, 9.17) is 10.2 Å². The lowest BCUT2D eigenvalue weighted by Crippen LogP contribution is -2.10. The number of fused-ring (bicyclic) bond motifs is 2. The highest BCUT2D eigenvalue weighted by Gasteiger charge is 2.12. The van der Waals surface area contributed by atoms with Gasteiger partial charge in [0.05, 0.1) is 5.52 Å². The van der Waals surface area contributed by atoms with Gasteiger partial charge in [0, 0.05) is 5.39 Å². The van der Waals surface area contributed by atoms with Gasteiger partial charge in [0.15, 0.2) is 11.2 Å². The number of oxazole rings is 1. The molecule has 0 atom stereocenters. The first-order valence-corrected chi connectivity index (χ1v) is 4.70. The third kappa shape index (κ3) is 1.22. The number of hydrogen-bond acceptors (Lipinski definition) is 4. The first-order valence-electron chi connectivity index (χ1n) is 4.70. The molecule has 0 saturated heterocycles. The molecule has 2 aromatic heterocycles. The van der Waals surface area contributed by atoms with Gasteiger partial charge in [-0.1, -0.05) is 18.2 Å². The van der Waals surface area contributed by atoms with Crippen molar-refractivity contribution in [3.05, 3.63) is 36.2 Å². The monoisotopic (exact) mass is 213 g/mol. The highest BCUT2D eigenvalue weighted by Crippen LogP contribution is 2.19. The number of amides is 1. The van der Waals surface area contributed by atoms with Crippen LogP contribution in [0.5, 0.6) is 0 Å². The van der Waals surface area contributed by atoms with Crippen LogP contribution >= 0.6 is 0 Å². The summed E-state index contributed by atoms with van der Waals surface area (Å²) in [7, 11) is 0. The van der Waals surface area contributed by atoms with Crippen LogP contribution in [0.3, 0.4) is 0 Å². The second-order valence-electron chi connectivity index (χ2n) is 3.39. The summed E-state index contributed by atoms with van der Waals surface area (Å²) in [6.45, 7) is 0. The Morgan fingerprint density at radius 1 is 1.25 bits per heavy atom. The molecule has 0 radical (unpaired) electrons. The second kappa shape index (κ2) is 3.03. The molecule has 1 aromatic carbocycles. The summed E-state index contributed by atoms with van der Waals surface area (Å²) < 4.78 is 5.19. The van der Waals surface area contributed by atoms with Crippen molar-refractivity contribution >= 4 is 28.0 Å². The van der Waals surface area contributed by atoms with E-state index in [2.05, 4.69) is 9.97 Å². The number of nitrogens with two attached hydrogens (primary N) is 1. The van der Waals surface area contributed by atoms with Crippen LogP contribution in [0.15, 0.2) is 34.7 Å². The molecular formula is C11H7N3O2. The minimum atomic E-state index is -0.693. The van der Waals surface area contributed by atoms with Crippen LogP contribution < -0.4 is 5.73 Å². The van der Waals surface area contributed by atoms with E-state index in [1.54, 1.807) is 6.07 Å². The number of carbonyl (C=O) groups is 1. The molecule has 78 valence electrons. The van der Waals surface area contributed by atoms with Gasteiger partial charge in [0.1, 0.15) is 0 Å². The topological polar surface area (TPSA) is 82.0 Å². The maximum Gasteiger partial charge on any atom is 0.304 e. The third-order valence-corrected chi connectivity index (χ3v) is 2.29. The number of rotatable bonds is 1. The molecule has 1 amide bonds. The summed E-state index contributed by atoms with van der Waals surface area (Å²) in [6.07, 6.45) is 0. The zero-order valence-corrected chi connectivity index (χ0v) is 8.18. The van der Waals surface area contributed by atoms with Crippen molar-refractivity contribution in [3.8, 4) is 0 Å². The highest BCUT2D eigenvalue weighted by molar-refractivity contribution is 5.93. The first kappa shape index (κ1) is 8.84. The molecule has 16 heavy (non-hydrogen) atoms. The largest absolute Gasteiger partial charge is 0.431 e. The standard InChI is InChI=1S/C11H7N3O2/c12-9(15)11-14-10-8(16-11)5-6-3-1-2-4-7(6)13-10/h1-5H,(H2,12,15). The van der Waals surface area contributed by atoms with E-state index in [1.807, 2.05) is 24.3 Å². The van der Waals surface area contributed by atoms with Gasteiger partial charge in [0.25, 0.3) is 5.89 Å². The van der Waals surface area contributed by atoms with E-state index in [9.17, 15) is 4.79 Å². The normalized spacial score (nSPS) is 11.0. The lowest BCUT2D eigenvalue weighted by molar-refractivity contribution is 0.0969. The number of para-hydroxylation sites is 1. The van der Waals surface area contributed by atoms with E-state index in [0.29, 0.717) is 11.2 Å². The number of aromatic nitrogens is 2. The molecule has 0 bridgehead atoms. The molecule has 3 aromatic rings. The zero-order valence-electron chi connectivity index (χ0n) is 8.18. The van der Waals surface area contributed by atoms with Gasteiger partial charge in [0.2, 0.25) is 0 Å². The molecule has 2 N–H and O–H groups in total. The summed E-state index contributed by atoms with van der Waals surface area (Å²) >= 11 is 0. The van der Waals surface area contributed by atoms with Gasteiger partial charge in [-0.05, 0) is 12.1 Å². The summed E-state index contributed by atoms with van der Waals surface area (Å²) in [5, 5.41) is 0.933. The number of primary amides is 1. The quantitative estimate of drug-likeness (QED) is 0.663. The van der Waals surface area contributed by atoms with E-state index >= 15 is 0 Å². The van der Waals surface area contributed by atoms with Gasteiger partial charge in [-0.15, -0.1) is 0 Å². The van der Waals surface area contributed by atoms with Gasteiger partial charge in [-0.2, -0.15) is 4.98 Å². The maximum atomic E-state index is 10.9. The summed E-state index contributed by atoms with van der Waals surface area (Å²) in [6, 6.07) is 9.36. The SMILES string of the molecule is NC(=O)c1nc2nc3ccccc3cc2o1. The Balaban J connectivity index is 2.38. The fourth-order valence-electron chi connectivity index (χ4n) is 1.57. The average molecular weight is 213 g/mol. The smallest absolute Gasteiger partial charge is 0.304 e. The summed E-state index contributed by atoms with van der Waals surface area (Å²) in [5.41, 5.74) is 6.75. The minimum absolute atomic E-state index is 0.113. The average Bonchev–Trinajstić information content (AvgIpc) is 2.68. The lowest BCUT2D eigenvalue weighted by Gasteiger charge is -1.93. The van der Waals surface area contributed by atoms with Gasteiger partial charge < -0.3 is 10.2 Å². The second-order valence-corrected chi connectivity index (χ2v) is 3.39. The predicted molar refractivity (Wildman–Crippen MR) is 57.8 cm³/mol. The van der Waals surface area contributed by atoms with Crippen LogP contribution in [0.25, 0.3) is 22.1 Å². The molecule has 0 aliphatic heterocycles. The Labute approximate surface area is 89.9 Å². The van der Waals surface area contributed by atoms with Crippen LogP contribution in [0, 0.1) is 0 Å². The van der Waals surface area contributed by atoms with Crippen molar-refractivity contribution in [1.29, 1.82) is 0 Å². The van der Waals surface area contributed by atoms with Crippen molar-refractivity contribution in [1.82, 2.24) is 9.97 Å². The highest BCUT2D eigenvalue weighted by atomic mass is 16.4. The zero-order chi connectivity index (χ0) is 11.1. The molecule has 0 aliphatic carbocycles. The number of carbonyl (C=O) groups excluding carboxylic acids is 1. The Morgan fingerprint density at radius 2 is 2.06 bits per heavy atom. The minimum Gasteiger partial charge on any atom is -0.431 e. The number of hydrogen-bond donors (Lipinski definition) is 1. The fraction of sp³-hybridized carbons (Fsp3) is 0. The Kier molecular flexibility index (Phi) is 1.67. The van der Waals surface area contributed by atoms with Crippen molar-refractivity contribution < 1.29 is 9.21 Å². The van der Waals surface area contributed by atoms with Crippen LogP contribution in [0.4, 0.5) is 0 Å². The molecule has 5 nitrogen and oxygen atoms in total. The van der Waals surface area contributed by atoms with Crippen LogP contribution in [0.2, 0.25) is 0 Å². The summed E-state index contributed by atoms with van der Waals surface area (Å²) in [5.74, 6) is -0.806. The lowest BCUT2D eigenvalue weighted by atomic mass is 10.2. The number of pyridine rings is 1. The van der Waals surface area contributed by atoms with Gasteiger partial charge in [-0.3, -0.25) is 4.79 Å². The van der Waals surface area contributed by atoms with Crippen molar-refractivity contribution in [2.24, 2.45) is 5.73 Å². The van der Waals surface area contributed by atoms with E-state index < -0.39 is 5.91 Å². The first-order chi connectivity index (χ1) is 7.74. The van der Waals surface area contributed by atoms with Gasteiger partial charge >= 0.3 is 5.91 Å². The summed E-state index contributed by atoms with van der Waals surface area (Å²) in [4.78, 5) is 19.1. The molecule has 5 heteroatoms. The molecule has 3 rings (SSSR count). The third-order valence-electron chi connectivity index (χ3n) is 2.29. The number of benzene rings is 1.